The van der Waals surface area contributed by atoms with E-state index in [0.29, 0.717) is 6.42 Å². The fourth-order valence-corrected chi connectivity index (χ4v) is 3.03. The fraction of sp³-hybridized carbons (Fsp3) is 0.588. The highest BCUT2D eigenvalue weighted by molar-refractivity contribution is 5.73. The van der Waals surface area contributed by atoms with Gasteiger partial charge in [-0.3, -0.25) is 4.79 Å². The third-order valence-corrected chi connectivity index (χ3v) is 4.25. The number of benzene rings is 1. The molecule has 0 unspecified atom stereocenters. The molecule has 3 heteroatoms. The number of nitrogens with one attached hydrogen (secondary N) is 1. The Bertz CT molecular complexity index is 399. The zero-order valence-corrected chi connectivity index (χ0v) is 12.1. The molecule has 110 valence electrons. The van der Waals surface area contributed by atoms with E-state index in [-0.39, 0.29) is 0 Å². The molecule has 0 aliphatic heterocycles. The van der Waals surface area contributed by atoms with Crippen molar-refractivity contribution in [2.75, 3.05) is 6.54 Å². The van der Waals surface area contributed by atoms with Gasteiger partial charge >= 0.3 is 5.97 Å². The van der Waals surface area contributed by atoms with E-state index in [4.69, 9.17) is 0 Å². The lowest BCUT2D eigenvalue weighted by Crippen LogP contribution is -2.39. The highest BCUT2D eigenvalue weighted by Gasteiger charge is 2.18. The molecule has 0 heterocycles. The molecule has 0 spiro atoms. The summed E-state index contributed by atoms with van der Waals surface area (Å²) in [5, 5.41) is 12.5. The second-order valence-corrected chi connectivity index (χ2v) is 5.83. The first kappa shape index (κ1) is 15.0. The molecule has 2 N–H and O–H groups in total. The summed E-state index contributed by atoms with van der Waals surface area (Å²) >= 11 is 0. The summed E-state index contributed by atoms with van der Waals surface area (Å²) in [5.41, 5.74) is 1.07. The number of aliphatic carboxylic acids is 1. The molecule has 1 aromatic rings. The summed E-state index contributed by atoms with van der Waals surface area (Å²) in [6, 6.07) is 9.36. The van der Waals surface area contributed by atoms with Gasteiger partial charge in [-0.15, -0.1) is 0 Å². The smallest absolute Gasteiger partial charge is 0.321 e. The Morgan fingerprint density at radius 3 is 2.55 bits per heavy atom. The standard InChI is InChI=1S/C17H25NO2/c19-17(20)16(13-15-9-5-2-6-10-15)18-12-11-14-7-3-1-4-8-14/h2,5-6,9-10,14,16,18H,1,3-4,7-8,11-13H2,(H,19,20)/t16-/m0/s1. The van der Waals surface area contributed by atoms with Crippen molar-refractivity contribution >= 4 is 5.97 Å². The van der Waals surface area contributed by atoms with E-state index in [9.17, 15) is 9.90 Å². The van der Waals surface area contributed by atoms with Crippen LogP contribution in [-0.4, -0.2) is 23.7 Å². The molecule has 0 saturated heterocycles. The predicted octanol–water partition coefficient (Wildman–Crippen LogP) is 3.24. The van der Waals surface area contributed by atoms with Crippen LogP contribution in [-0.2, 0) is 11.2 Å². The van der Waals surface area contributed by atoms with Crippen molar-refractivity contribution in [3.8, 4) is 0 Å². The number of rotatable bonds is 7. The van der Waals surface area contributed by atoms with Crippen LogP contribution in [0.25, 0.3) is 0 Å². The predicted molar refractivity (Wildman–Crippen MR) is 80.8 cm³/mol. The largest absolute Gasteiger partial charge is 0.480 e. The quantitative estimate of drug-likeness (QED) is 0.803. The minimum Gasteiger partial charge on any atom is -0.480 e. The van der Waals surface area contributed by atoms with Crippen molar-refractivity contribution in [3.63, 3.8) is 0 Å². The first-order chi connectivity index (χ1) is 9.75. The van der Waals surface area contributed by atoms with Gasteiger partial charge < -0.3 is 10.4 Å². The molecular formula is C17H25NO2. The summed E-state index contributed by atoms with van der Waals surface area (Å²) in [4.78, 5) is 11.3. The van der Waals surface area contributed by atoms with Gasteiger partial charge in [0.1, 0.15) is 6.04 Å². The van der Waals surface area contributed by atoms with E-state index < -0.39 is 12.0 Å². The second kappa shape index (κ2) is 8.05. The molecule has 0 amide bonds. The molecule has 0 bridgehead atoms. The lowest BCUT2D eigenvalue weighted by atomic mass is 9.87. The van der Waals surface area contributed by atoms with Crippen LogP contribution in [0.3, 0.4) is 0 Å². The summed E-state index contributed by atoms with van der Waals surface area (Å²) in [6.07, 6.45) is 8.36. The van der Waals surface area contributed by atoms with E-state index in [0.717, 1.165) is 24.4 Å². The van der Waals surface area contributed by atoms with E-state index in [1.807, 2.05) is 30.3 Å². The molecule has 1 aliphatic carbocycles. The molecule has 3 nitrogen and oxygen atoms in total. The summed E-state index contributed by atoms with van der Waals surface area (Å²) in [6.45, 7) is 0.814. The van der Waals surface area contributed by atoms with Gasteiger partial charge in [-0.2, -0.15) is 0 Å². The number of carboxylic acid groups (broad SMARTS) is 1. The number of carbonyl (C=O) groups is 1. The van der Waals surface area contributed by atoms with Crippen molar-refractivity contribution in [2.24, 2.45) is 5.92 Å². The SMILES string of the molecule is O=C(O)[C@H](Cc1ccccc1)NCCC1CCCCC1. The fourth-order valence-electron chi connectivity index (χ4n) is 3.03. The van der Waals surface area contributed by atoms with Gasteiger partial charge in [-0.25, -0.2) is 0 Å². The van der Waals surface area contributed by atoms with Crippen molar-refractivity contribution in [1.29, 1.82) is 0 Å². The lowest BCUT2D eigenvalue weighted by molar-refractivity contribution is -0.139. The monoisotopic (exact) mass is 275 g/mol. The topological polar surface area (TPSA) is 49.3 Å². The number of hydrogen-bond donors (Lipinski definition) is 2. The van der Waals surface area contributed by atoms with Crippen molar-refractivity contribution in [1.82, 2.24) is 5.32 Å². The molecule has 2 rings (SSSR count). The van der Waals surface area contributed by atoms with Gasteiger partial charge in [0.2, 0.25) is 0 Å². The van der Waals surface area contributed by atoms with Gasteiger partial charge in [-0.05, 0) is 30.9 Å². The Morgan fingerprint density at radius 2 is 1.90 bits per heavy atom. The summed E-state index contributed by atoms with van der Waals surface area (Å²) in [5.74, 6) is 0.0416. The third kappa shape index (κ3) is 4.97. The number of carboxylic acids is 1. The van der Waals surface area contributed by atoms with Crippen LogP contribution in [0.4, 0.5) is 0 Å². The Hall–Kier alpha value is -1.35. The van der Waals surface area contributed by atoms with Crippen LogP contribution in [0.5, 0.6) is 0 Å². The van der Waals surface area contributed by atoms with Crippen molar-refractivity contribution < 1.29 is 9.90 Å². The molecule has 1 fully saturated rings. The maximum Gasteiger partial charge on any atom is 0.321 e. The summed E-state index contributed by atoms with van der Waals surface area (Å²) < 4.78 is 0. The first-order valence-electron chi connectivity index (χ1n) is 7.76. The van der Waals surface area contributed by atoms with Gasteiger partial charge in [0.05, 0.1) is 0 Å². The average molecular weight is 275 g/mol. The molecular weight excluding hydrogens is 250 g/mol. The number of hydrogen-bond acceptors (Lipinski definition) is 2. The Balaban J connectivity index is 1.76. The Labute approximate surface area is 121 Å². The minimum absolute atomic E-state index is 0.471. The van der Waals surface area contributed by atoms with E-state index >= 15 is 0 Å². The first-order valence-corrected chi connectivity index (χ1v) is 7.76. The molecule has 1 aromatic carbocycles. The normalized spacial score (nSPS) is 17.8. The Kier molecular flexibility index (Phi) is 6.06. The maximum absolute atomic E-state index is 11.3. The summed E-state index contributed by atoms with van der Waals surface area (Å²) in [7, 11) is 0. The van der Waals surface area contributed by atoms with Gasteiger partial charge in [0.25, 0.3) is 0 Å². The molecule has 0 radical (unpaired) electrons. The Morgan fingerprint density at radius 1 is 1.20 bits per heavy atom. The van der Waals surface area contributed by atoms with Gasteiger partial charge in [-0.1, -0.05) is 62.4 Å². The molecule has 1 saturated carbocycles. The van der Waals surface area contributed by atoms with Crippen LogP contribution in [0.15, 0.2) is 30.3 Å². The highest BCUT2D eigenvalue weighted by Crippen LogP contribution is 2.25. The average Bonchev–Trinajstić information content (AvgIpc) is 2.48. The van der Waals surface area contributed by atoms with E-state index in [2.05, 4.69) is 5.32 Å². The van der Waals surface area contributed by atoms with Crippen LogP contribution in [0.1, 0.15) is 44.1 Å². The molecule has 1 atom stereocenters. The molecule has 0 aromatic heterocycles. The zero-order chi connectivity index (χ0) is 14.2. The maximum atomic E-state index is 11.3. The lowest BCUT2D eigenvalue weighted by Gasteiger charge is -2.22. The highest BCUT2D eigenvalue weighted by atomic mass is 16.4. The van der Waals surface area contributed by atoms with Crippen molar-refractivity contribution in [2.45, 2.75) is 51.0 Å². The zero-order valence-electron chi connectivity index (χ0n) is 12.1. The van der Waals surface area contributed by atoms with E-state index in [1.54, 1.807) is 0 Å². The molecule has 20 heavy (non-hydrogen) atoms. The molecule has 1 aliphatic rings. The van der Waals surface area contributed by atoms with Crippen LogP contribution < -0.4 is 5.32 Å². The minimum atomic E-state index is -0.752. The van der Waals surface area contributed by atoms with Crippen LogP contribution in [0.2, 0.25) is 0 Å². The van der Waals surface area contributed by atoms with Crippen LogP contribution in [0, 0.1) is 5.92 Å². The van der Waals surface area contributed by atoms with Crippen molar-refractivity contribution in [3.05, 3.63) is 35.9 Å². The van der Waals surface area contributed by atoms with E-state index in [1.165, 1.54) is 32.1 Å². The van der Waals surface area contributed by atoms with Gasteiger partial charge in [0, 0.05) is 0 Å². The van der Waals surface area contributed by atoms with Gasteiger partial charge in [0.15, 0.2) is 0 Å². The third-order valence-electron chi connectivity index (χ3n) is 4.25. The van der Waals surface area contributed by atoms with Crippen LogP contribution >= 0.6 is 0 Å². The second-order valence-electron chi connectivity index (χ2n) is 5.83.